The average Bonchev–Trinajstić information content (AvgIpc) is 2.22. The zero-order valence-corrected chi connectivity index (χ0v) is 9.12. The first kappa shape index (κ1) is 11.8. The molecule has 3 heteroatoms. The van der Waals surface area contributed by atoms with Gasteiger partial charge in [-0.05, 0) is 12.5 Å². The molecule has 0 unspecified atom stereocenters. The number of rotatable bonds is 2. The van der Waals surface area contributed by atoms with E-state index in [0.29, 0.717) is 19.3 Å². The van der Waals surface area contributed by atoms with Crippen LogP contribution in [-0.4, -0.2) is 23.3 Å². The third kappa shape index (κ3) is 2.84. The Bertz CT molecular complexity index is 322. The van der Waals surface area contributed by atoms with Gasteiger partial charge in [0.2, 0.25) is 0 Å². The lowest BCUT2D eigenvalue weighted by Gasteiger charge is -2.27. The van der Waals surface area contributed by atoms with Crippen LogP contribution in [0.3, 0.4) is 0 Å². The lowest BCUT2D eigenvalue weighted by atomic mass is 9.89. The number of aliphatic hydroxyl groups is 1. The van der Waals surface area contributed by atoms with Crippen LogP contribution in [0, 0.1) is 12.3 Å². The maximum absolute atomic E-state index is 11.1. The van der Waals surface area contributed by atoms with Gasteiger partial charge in [-0.1, -0.05) is 12.8 Å². The molecule has 0 bridgehead atoms. The molecule has 0 aromatic rings. The van der Waals surface area contributed by atoms with E-state index in [1.165, 1.54) is 0 Å². The molecule has 0 aliphatic heterocycles. The van der Waals surface area contributed by atoms with Gasteiger partial charge in [-0.25, -0.2) is 0 Å². The standard InChI is InChI=1S/C12H16O3/c1-4-9-6-10(13)7-11(8(9)3)15-12(14)5-2/h1,10-11,13H,5-7H2,2-3H3/t10-,11+/m1/s1. The number of terminal acetylenes is 1. The zero-order chi connectivity index (χ0) is 11.4. The fourth-order valence-corrected chi connectivity index (χ4v) is 1.65. The molecule has 1 aliphatic carbocycles. The summed E-state index contributed by atoms with van der Waals surface area (Å²) in [5, 5.41) is 9.56. The van der Waals surface area contributed by atoms with Crippen LogP contribution in [-0.2, 0) is 9.53 Å². The molecule has 0 fully saturated rings. The van der Waals surface area contributed by atoms with Crippen molar-refractivity contribution < 1.29 is 14.6 Å². The Morgan fingerprint density at radius 3 is 2.93 bits per heavy atom. The maximum Gasteiger partial charge on any atom is 0.306 e. The predicted molar refractivity (Wildman–Crippen MR) is 56.9 cm³/mol. The molecule has 0 radical (unpaired) electrons. The highest BCUT2D eigenvalue weighted by Crippen LogP contribution is 2.27. The largest absolute Gasteiger partial charge is 0.458 e. The van der Waals surface area contributed by atoms with Crippen LogP contribution < -0.4 is 0 Å². The predicted octanol–water partition coefficient (Wildman–Crippen LogP) is 1.41. The first-order valence-corrected chi connectivity index (χ1v) is 5.12. The van der Waals surface area contributed by atoms with E-state index in [0.717, 1.165) is 11.1 Å². The molecule has 3 nitrogen and oxygen atoms in total. The molecule has 0 aromatic carbocycles. The molecule has 1 rings (SSSR count). The van der Waals surface area contributed by atoms with E-state index in [-0.39, 0.29) is 12.1 Å². The van der Waals surface area contributed by atoms with Gasteiger partial charge in [0.25, 0.3) is 0 Å². The highest BCUT2D eigenvalue weighted by molar-refractivity contribution is 5.69. The van der Waals surface area contributed by atoms with Gasteiger partial charge in [0.1, 0.15) is 6.10 Å². The van der Waals surface area contributed by atoms with Crippen molar-refractivity contribution in [2.45, 2.75) is 45.3 Å². The van der Waals surface area contributed by atoms with E-state index in [1.807, 2.05) is 6.92 Å². The third-order valence-corrected chi connectivity index (χ3v) is 2.62. The van der Waals surface area contributed by atoms with Crippen molar-refractivity contribution in [1.82, 2.24) is 0 Å². The molecule has 0 spiro atoms. The quantitative estimate of drug-likeness (QED) is 0.551. The Kier molecular flexibility index (Phi) is 3.93. The second-order valence-electron chi connectivity index (χ2n) is 3.73. The normalized spacial score (nSPS) is 26.0. The Labute approximate surface area is 90.1 Å². The fraction of sp³-hybridized carbons (Fsp3) is 0.583. The van der Waals surface area contributed by atoms with Crippen LogP contribution in [0.4, 0.5) is 0 Å². The first-order valence-electron chi connectivity index (χ1n) is 5.12. The molecule has 0 heterocycles. The van der Waals surface area contributed by atoms with Crippen LogP contribution in [0.1, 0.15) is 33.1 Å². The van der Waals surface area contributed by atoms with Gasteiger partial charge in [-0.3, -0.25) is 4.79 Å². The molecule has 0 amide bonds. The SMILES string of the molecule is C#CC1=C(C)[C@@H](OC(=O)CC)C[C@H](O)C1. The van der Waals surface area contributed by atoms with Crippen LogP contribution in [0.15, 0.2) is 11.1 Å². The number of hydrogen-bond donors (Lipinski definition) is 1. The summed E-state index contributed by atoms with van der Waals surface area (Å²) in [4.78, 5) is 11.1. The lowest BCUT2D eigenvalue weighted by Crippen LogP contribution is -2.29. The minimum atomic E-state index is -0.505. The molecule has 0 saturated carbocycles. The molecule has 1 N–H and O–H groups in total. The lowest BCUT2D eigenvalue weighted by molar-refractivity contribution is -0.148. The van der Waals surface area contributed by atoms with Crippen molar-refractivity contribution in [1.29, 1.82) is 0 Å². The van der Waals surface area contributed by atoms with Gasteiger partial charge in [0, 0.05) is 24.8 Å². The van der Waals surface area contributed by atoms with Gasteiger partial charge in [0.05, 0.1) is 6.10 Å². The van der Waals surface area contributed by atoms with Crippen LogP contribution >= 0.6 is 0 Å². The van der Waals surface area contributed by atoms with Crippen molar-refractivity contribution in [3.63, 3.8) is 0 Å². The van der Waals surface area contributed by atoms with E-state index in [9.17, 15) is 9.90 Å². The number of hydrogen-bond acceptors (Lipinski definition) is 3. The number of carbonyl (C=O) groups is 1. The Balaban J connectivity index is 2.80. The monoisotopic (exact) mass is 208 g/mol. The van der Waals surface area contributed by atoms with Crippen molar-refractivity contribution in [2.24, 2.45) is 0 Å². The second-order valence-corrected chi connectivity index (χ2v) is 3.73. The summed E-state index contributed by atoms with van der Waals surface area (Å²) in [7, 11) is 0. The second kappa shape index (κ2) is 4.99. The third-order valence-electron chi connectivity index (χ3n) is 2.62. The van der Waals surface area contributed by atoms with Crippen LogP contribution in [0.2, 0.25) is 0 Å². The summed E-state index contributed by atoms with van der Waals surface area (Å²) < 4.78 is 5.20. The van der Waals surface area contributed by atoms with Crippen LogP contribution in [0.5, 0.6) is 0 Å². The molecule has 2 atom stereocenters. The van der Waals surface area contributed by atoms with E-state index in [1.54, 1.807) is 6.92 Å². The van der Waals surface area contributed by atoms with E-state index >= 15 is 0 Å². The van der Waals surface area contributed by atoms with Crippen LogP contribution in [0.25, 0.3) is 0 Å². The van der Waals surface area contributed by atoms with Crippen molar-refractivity contribution in [2.75, 3.05) is 0 Å². The summed E-state index contributed by atoms with van der Waals surface area (Å²) in [5.74, 6) is 2.27. The summed E-state index contributed by atoms with van der Waals surface area (Å²) >= 11 is 0. The Hall–Kier alpha value is -1.27. The van der Waals surface area contributed by atoms with E-state index in [4.69, 9.17) is 11.2 Å². The minimum Gasteiger partial charge on any atom is -0.458 e. The molecule has 0 saturated heterocycles. The number of aliphatic hydroxyl groups excluding tert-OH is 1. The Morgan fingerprint density at radius 2 is 2.40 bits per heavy atom. The molecule has 1 aliphatic rings. The molecule has 15 heavy (non-hydrogen) atoms. The van der Waals surface area contributed by atoms with Gasteiger partial charge in [-0.15, -0.1) is 6.42 Å². The number of esters is 1. The van der Waals surface area contributed by atoms with Crippen molar-refractivity contribution in [3.8, 4) is 12.3 Å². The summed E-state index contributed by atoms with van der Waals surface area (Å²) in [6.45, 7) is 3.59. The van der Waals surface area contributed by atoms with Gasteiger partial charge < -0.3 is 9.84 Å². The fourth-order valence-electron chi connectivity index (χ4n) is 1.65. The summed E-state index contributed by atoms with van der Waals surface area (Å²) in [6.07, 6.45) is 5.74. The smallest absolute Gasteiger partial charge is 0.306 e. The number of carbonyl (C=O) groups excluding carboxylic acids is 1. The topological polar surface area (TPSA) is 46.5 Å². The minimum absolute atomic E-state index is 0.259. The Morgan fingerprint density at radius 1 is 1.73 bits per heavy atom. The summed E-state index contributed by atoms with van der Waals surface area (Å²) in [6, 6.07) is 0. The van der Waals surface area contributed by atoms with E-state index < -0.39 is 6.10 Å². The zero-order valence-electron chi connectivity index (χ0n) is 9.12. The molecular formula is C12H16O3. The molecular weight excluding hydrogens is 192 g/mol. The summed E-state index contributed by atoms with van der Waals surface area (Å²) in [5.41, 5.74) is 1.65. The van der Waals surface area contributed by atoms with Gasteiger partial charge in [-0.2, -0.15) is 0 Å². The maximum atomic E-state index is 11.1. The van der Waals surface area contributed by atoms with Gasteiger partial charge >= 0.3 is 5.97 Å². The molecule has 82 valence electrons. The highest BCUT2D eigenvalue weighted by Gasteiger charge is 2.27. The average molecular weight is 208 g/mol. The van der Waals surface area contributed by atoms with Crippen molar-refractivity contribution in [3.05, 3.63) is 11.1 Å². The molecule has 0 aromatic heterocycles. The highest BCUT2D eigenvalue weighted by atomic mass is 16.5. The van der Waals surface area contributed by atoms with Crippen molar-refractivity contribution >= 4 is 5.97 Å². The first-order chi connectivity index (χ1) is 7.08. The van der Waals surface area contributed by atoms with Gasteiger partial charge in [0.15, 0.2) is 0 Å². The van der Waals surface area contributed by atoms with E-state index in [2.05, 4.69) is 5.92 Å². The number of ether oxygens (including phenoxy) is 1.